The second-order valence-corrected chi connectivity index (χ2v) is 8.17. The molecule has 0 saturated carbocycles. The number of nitrogens with one attached hydrogen (secondary N) is 2. The van der Waals surface area contributed by atoms with E-state index in [0.717, 1.165) is 29.6 Å². The summed E-state index contributed by atoms with van der Waals surface area (Å²) in [5.74, 6) is 0.454. The Bertz CT molecular complexity index is 1100. The molecule has 0 fully saturated rings. The first kappa shape index (κ1) is 20.2. The number of rotatable bonds is 7. The fraction of sp³-hybridized carbons (Fsp3) is 0.235. The minimum atomic E-state index is -3.80. The van der Waals surface area contributed by atoms with Crippen molar-refractivity contribution >= 4 is 27.4 Å². The van der Waals surface area contributed by atoms with Crippen LogP contribution in [0.2, 0.25) is 5.02 Å². The molecule has 0 aliphatic rings. The normalized spacial score (nSPS) is 11.6. The zero-order valence-corrected chi connectivity index (χ0v) is 16.7. The summed E-state index contributed by atoms with van der Waals surface area (Å²) >= 11 is 5.64. The van der Waals surface area contributed by atoms with Crippen molar-refractivity contribution in [3.05, 3.63) is 58.9 Å². The molecule has 2 aromatic heterocycles. The Hall–Kier alpha value is -2.56. The zero-order valence-electron chi connectivity index (χ0n) is 15.1. The van der Waals surface area contributed by atoms with Crippen LogP contribution in [0.25, 0.3) is 5.82 Å². The number of halogens is 2. The predicted molar refractivity (Wildman–Crippen MR) is 104 cm³/mol. The van der Waals surface area contributed by atoms with Crippen LogP contribution in [0.3, 0.4) is 0 Å². The molecule has 0 spiro atoms. The fourth-order valence-electron chi connectivity index (χ4n) is 2.52. The SMILES string of the molecule is Cc1cc(C)n(-c2cc(NCCNS(=O)(=O)c3ccc(F)c(Cl)c3)ncn2)n1. The molecule has 0 atom stereocenters. The molecule has 28 heavy (non-hydrogen) atoms. The summed E-state index contributed by atoms with van der Waals surface area (Å²) in [7, 11) is -3.80. The van der Waals surface area contributed by atoms with E-state index in [4.69, 9.17) is 11.6 Å². The van der Waals surface area contributed by atoms with E-state index in [9.17, 15) is 12.8 Å². The molecule has 2 heterocycles. The average molecular weight is 425 g/mol. The Kier molecular flexibility index (Phi) is 5.92. The van der Waals surface area contributed by atoms with Gasteiger partial charge in [-0.1, -0.05) is 11.6 Å². The van der Waals surface area contributed by atoms with E-state index in [1.807, 2.05) is 19.9 Å². The summed E-state index contributed by atoms with van der Waals surface area (Å²) in [4.78, 5) is 8.21. The van der Waals surface area contributed by atoms with Crippen molar-refractivity contribution in [1.29, 1.82) is 0 Å². The molecule has 1 aromatic carbocycles. The zero-order chi connectivity index (χ0) is 20.3. The second kappa shape index (κ2) is 8.21. The van der Waals surface area contributed by atoms with Gasteiger partial charge in [-0.05, 0) is 38.1 Å². The predicted octanol–water partition coefficient (Wildman–Crippen LogP) is 2.46. The molecule has 0 unspecified atom stereocenters. The lowest BCUT2D eigenvalue weighted by Crippen LogP contribution is -2.29. The van der Waals surface area contributed by atoms with Crippen LogP contribution in [0.15, 0.2) is 41.6 Å². The highest BCUT2D eigenvalue weighted by molar-refractivity contribution is 7.89. The quantitative estimate of drug-likeness (QED) is 0.565. The third-order valence-corrected chi connectivity index (χ3v) is 5.55. The Balaban J connectivity index is 1.60. The maximum Gasteiger partial charge on any atom is 0.240 e. The van der Waals surface area contributed by atoms with Crippen molar-refractivity contribution in [2.75, 3.05) is 18.4 Å². The van der Waals surface area contributed by atoms with Crippen molar-refractivity contribution in [2.24, 2.45) is 0 Å². The van der Waals surface area contributed by atoms with Crippen LogP contribution < -0.4 is 10.0 Å². The third kappa shape index (κ3) is 4.64. The second-order valence-electron chi connectivity index (χ2n) is 6.00. The number of anilines is 1. The van der Waals surface area contributed by atoms with Crippen LogP contribution in [-0.4, -0.2) is 41.3 Å². The van der Waals surface area contributed by atoms with E-state index in [1.165, 1.54) is 6.33 Å². The number of hydrogen-bond acceptors (Lipinski definition) is 6. The van der Waals surface area contributed by atoms with Crippen LogP contribution >= 0.6 is 11.6 Å². The highest BCUT2D eigenvalue weighted by Gasteiger charge is 2.15. The number of benzene rings is 1. The van der Waals surface area contributed by atoms with Gasteiger partial charge in [0.2, 0.25) is 10.0 Å². The lowest BCUT2D eigenvalue weighted by Gasteiger charge is -2.10. The van der Waals surface area contributed by atoms with Gasteiger partial charge in [0.05, 0.1) is 15.6 Å². The lowest BCUT2D eigenvalue weighted by molar-refractivity contribution is 0.582. The number of nitrogens with zero attached hydrogens (tertiary/aromatic N) is 4. The van der Waals surface area contributed by atoms with Crippen LogP contribution in [0.1, 0.15) is 11.4 Å². The topological polar surface area (TPSA) is 102 Å². The van der Waals surface area contributed by atoms with Gasteiger partial charge < -0.3 is 5.32 Å². The van der Waals surface area contributed by atoms with Gasteiger partial charge in [-0.15, -0.1) is 0 Å². The summed E-state index contributed by atoms with van der Waals surface area (Å²) in [5.41, 5.74) is 1.81. The van der Waals surface area contributed by atoms with Gasteiger partial charge in [0.1, 0.15) is 18.0 Å². The van der Waals surface area contributed by atoms with Crippen LogP contribution in [0.5, 0.6) is 0 Å². The summed E-state index contributed by atoms with van der Waals surface area (Å²) in [6, 6.07) is 6.88. The van der Waals surface area contributed by atoms with Crippen molar-refractivity contribution < 1.29 is 12.8 Å². The minimum absolute atomic E-state index is 0.0938. The van der Waals surface area contributed by atoms with E-state index in [1.54, 1.807) is 10.7 Å². The third-order valence-electron chi connectivity index (χ3n) is 3.80. The first-order chi connectivity index (χ1) is 13.3. The molecule has 0 aliphatic heterocycles. The van der Waals surface area contributed by atoms with Gasteiger partial charge in [0.15, 0.2) is 5.82 Å². The lowest BCUT2D eigenvalue weighted by atomic mass is 10.3. The smallest absolute Gasteiger partial charge is 0.240 e. The number of hydrogen-bond donors (Lipinski definition) is 2. The number of aromatic nitrogens is 4. The molecule has 0 radical (unpaired) electrons. The van der Waals surface area contributed by atoms with Crippen molar-refractivity contribution in [2.45, 2.75) is 18.7 Å². The van der Waals surface area contributed by atoms with E-state index in [-0.39, 0.29) is 23.0 Å². The standard InChI is InChI=1S/C17H18ClFN6O2S/c1-11-7-12(2)25(24-11)17-9-16(21-10-22-17)20-5-6-23-28(26,27)13-3-4-15(19)14(18)8-13/h3-4,7-10,23H,5-6H2,1-2H3,(H,20,21,22). The molecule has 0 bridgehead atoms. The fourth-order valence-corrected chi connectivity index (χ4v) is 3.83. The summed E-state index contributed by atoms with van der Waals surface area (Å²) < 4.78 is 41.8. The molecular weight excluding hydrogens is 407 g/mol. The van der Waals surface area contributed by atoms with Crippen LogP contribution in [0, 0.1) is 19.7 Å². The summed E-state index contributed by atoms with van der Waals surface area (Å²) in [5, 5.41) is 7.14. The van der Waals surface area contributed by atoms with E-state index in [2.05, 4.69) is 25.1 Å². The van der Waals surface area contributed by atoms with Crippen molar-refractivity contribution in [3.63, 3.8) is 0 Å². The van der Waals surface area contributed by atoms with Gasteiger partial charge in [-0.3, -0.25) is 0 Å². The maximum atomic E-state index is 13.2. The first-order valence-corrected chi connectivity index (χ1v) is 10.2. The molecule has 8 nitrogen and oxygen atoms in total. The van der Waals surface area contributed by atoms with E-state index in [0.29, 0.717) is 11.6 Å². The van der Waals surface area contributed by atoms with Gasteiger partial charge >= 0.3 is 0 Å². The Morgan fingerprint density at radius 2 is 1.93 bits per heavy atom. The van der Waals surface area contributed by atoms with Gasteiger partial charge in [-0.25, -0.2) is 32.2 Å². The maximum absolute atomic E-state index is 13.2. The number of aryl methyl sites for hydroxylation is 2. The van der Waals surface area contributed by atoms with Crippen molar-refractivity contribution in [3.8, 4) is 5.82 Å². The molecule has 2 N–H and O–H groups in total. The molecule has 148 valence electrons. The van der Waals surface area contributed by atoms with Crippen LogP contribution in [-0.2, 0) is 10.0 Å². The average Bonchev–Trinajstić information content (AvgIpc) is 2.99. The monoisotopic (exact) mass is 424 g/mol. The number of sulfonamides is 1. The molecule has 11 heteroatoms. The van der Waals surface area contributed by atoms with Gasteiger partial charge in [-0.2, -0.15) is 5.10 Å². The summed E-state index contributed by atoms with van der Waals surface area (Å²) in [6.07, 6.45) is 1.40. The summed E-state index contributed by atoms with van der Waals surface area (Å²) in [6.45, 7) is 4.19. The molecule has 0 amide bonds. The minimum Gasteiger partial charge on any atom is -0.369 e. The highest BCUT2D eigenvalue weighted by atomic mass is 35.5. The molecule has 3 aromatic rings. The van der Waals surface area contributed by atoms with Gasteiger partial charge in [0.25, 0.3) is 0 Å². The van der Waals surface area contributed by atoms with E-state index >= 15 is 0 Å². The first-order valence-electron chi connectivity index (χ1n) is 8.30. The Morgan fingerprint density at radius 1 is 1.14 bits per heavy atom. The largest absolute Gasteiger partial charge is 0.369 e. The van der Waals surface area contributed by atoms with Crippen LogP contribution in [0.4, 0.5) is 10.2 Å². The molecular formula is C17H18ClFN6O2S. The van der Waals surface area contributed by atoms with E-state index < -0.39 is 15.8 Å². The Morgan fingerprint density at radius 3 is 2.61 bits per heavy atom. The van der Waals surface area contributed by atoms with Gasteiger partial charge in [0, 0.05) is 24.8 Å². The van der Waals surface area contributed by atoms with Crippen molar-refractivity contribution in [1.82, 2.24) is 24.5 Å². The highest BCUT2D eigenvalue weighted by Crippen LogP contribution is 2.19. The molecule has 3 rings (SSSR count). The molecule has 0 saturated heterocycles. The molecule has 0 aliphatic carbocycles. The Labute approximate surface area is 166 Å².